The van der Waals surface area contributed by atoms with Crippen LogP contribution in [0.3, 0.4) is 0 Å². The molecular formula is C46H33BN2OS. The van der Waals surface area contributed by atoms with Gasteiger partial charge in [-0.15, -0.1) is 11.8 Å². The van der Waals surface area contributed by atoms with E-state index in [0.29, 0.717) is 0 Å². The molecule has 0 atom stereocenters. The Morgan fingerprint density at radius 2 is 1.37 bits per heavy atom. The maximum absolute atomic E-state index is 6.88. The molecule has 242 valence electrons. The molecule has 2 aliphatic rings. The van der Waals surface area contributed by atoms with Gasteiger partial charge < -0.3 is 13.8 Å². The summed E-state index contributed by atoms with van der Waals surface area (Å²) >= 11 is 1.80. The minimum absolute atomic E-state index is 0.0274. The van der Waals surface area contributed by atoms with Crippen LogP contribution >= 0.6 is 11.8 Å². The molecule has 0 fully saturated rings. The Labute approximate surface area is 301 Å². The second kappa shape index (κ2) is 10.4. The number of aromatic nitrogens is 1. The lowest BCUT2D eigenvalue weighted by Gasteiger charge is -2.40. The van der Waals surface area contributed by atoms with Gasteiger partial charge in [-0.1, -0.05) is 84.4 Å². The van der Waals surface area contributed by atoms with Crippen molar-refractivity contribution in [3.8, 4) is 22.3 Å². The Bertz CT molecular complexity index is 2930. The van der Waals surface area contributed by atoms with Crippen LogP contribution in [0.25, 0.3) is 66.0 Å². The first-order valence-electron chi connectivity index (χ1n) is 17.7. The zero-order valence-corrected chi connectivity index (χ0v) is 29.7. The highest BCUT2D eigenvalue weighted by Crippen LogP contribution is 2.49. The van der Waals surface area contributed by atoms with Gasteiger partial charge >= 0.3 is 6.85 Å². The molecule has 2 aliphatic heterocycles. The van der Waals surface area contributed by atoms with Crippen LogP contribution in [0.4, 0.5) is 17.1 Å². The van der Waals surface area contributed by atoms with Crippen LogP contribution in [-0.2, 0) is 0 Å². The number of para-hydroxylation sites is 3. The van der Waals surface area contributed by atoms with E-state index in [9.17, 15) is 0 Å². The van der Waals surface area contributed by atoms with E-state index >= 15 is 0 Å². The van der Waals surface area contributed by atoms with Crippen LogP contribution in [0.5, 0.6) is 0 Å². The van der Waals surface area contributed by atoms with Crippen molar-refractivity contribution in [2.75, 3.05) is 11.2 Å². The van der Waals surface area contributed by atoms with Gasteiger partial charge in [0.25, 0.3) is 0 Å². The summed E-state index contributed by atoms with van der Waals surface area (Å²) < 4.78 is 9.50. The minimum atomic E-state index is -0.0274. The van der Waals surface area contributed by atoms with E-state index in [1.165, 1.54) is 87.9 Å². The van der Waals surface area contributed by atoms with Crippen LogP contribution in [0.15, 0.2) is 137 Å². The maximum atomic E-state index is 6.88. The summed E-state index contributed by atoms with van der Waals surface area (Å²) in [6.07, 6.45) is 2.17. The van der Waals surface area contributed by atoms with Crippen LogP contribution in [0.2, 0.25) is 0 Å². The molecule has 11 rings (SSSR count). The monoisotopic (exact) mass is 672 g/mol. The van der Waals surface area contributed by atoms with Crippen molar-refractivity contribution in [2.45, 2.75) is 25.7 Å². The van der Waals surface area contributed by atoms with Crippen LogP contribution in [0, 0.1) is 20.8 Å². The summed E-state index contributed by atoms with van der Waals surface area (Å²) in [6.45, 7) is 6.60. The molecule has 0 aliphatic carbocycles. The first-order chi connectivity index (χ1) is 25.0. The summed E-state index contributed by atoms with van der Waals surface area (Å²) in [5.41, 5.74) is 19.5. The molecule has 2 aromatic heterocycles. The average Bonchev–Trinajstić information content (AvgIpc) is 3.69. The number of aryl methyl sites for hydroxylation is 3. The average molecular weight is 673 g/mol. The van der Waals surface area contributed by atoms with E-state index < -0.39 is 0 Å². The van der Waals surface area contributed by atoms with Crippen LogP contribution in [-0.4, -0.2) is 17.6 Å². The van der Waals surface area contributed by atoms with Gasteiger partial charge in [-0.25, -0.2) is 0 Å². The van der Waals surface area contributed by atoms with Crippen molar-refractivity contribution in [1.82, 2.24) is 4.48 Å². The lowest BCUT2D eigenvalue weighted by Crippen LogP contribution is -2.56. The number of furan rings is 1. The second-order valence-electron chi connectivity index (χ2n) is 14.2. The number of nitrogens with zero attached hydrogens (tertiary/aromatic N) is 2. The number of anilines is 3. The molecule has 51 heavy (non-hydrogen) atoms. The van der Waals surface area contributed by atoms with Crippen molar-refractivity contribution in [3.63, 3.8) is 0 Å². The van der Waals surface area contributed by atoms with Crippen molar-refractivity contribution in [3.05, 3.63) is 144 Å². The van der Waals surface area contributed by atoms with E-state index in [-0.39, 0.29) is 6.85 Å². The third-order valence-electron chi connectivity index (χ3n) is 11.3. The number of fused-ring (bicyclic) bond motifs is 11. The fraction of sp³-hybridized carbons (Fsp3) is 0.0870. The Hall–Kier alpha value is -5.65. The number of hydrogen-bond acceptors (Lipinski definition) is 3. The molecule has 4 heterocycles. The van der Waals surface area contributed by atoms with Crippen molar-refractivity contribution < 1.29 is 4.42 Å². The lowest BCUT2D eigenvalue weighted by molar-refractivity contribution is 0.670. The molecule has 0 spiro atoms. The van der Waals surface area contributed by atoms with Crippen LogP contribution in [0.1, 0.15) is 16.7 Å². The predicted octanol–water partition coefficient (Wildman–Crippen LogP) is 11.4. The summed E-state index contributed by atoms with van der Waals surface area (Å²) in [4.78, 5) is 3.77. The molecular weight excluding hydrogens is 639 g/mol. The fourth-order valence-electron chi connectivity index (χ4n) is 9.44. The quantitative estimate of drug-likeness (QED) is 0.138. The molecule has 0 radical (unpaired) electrons. The van der Waals surface area contributed by atoms with Crippen molar-refractivity contribution in [2.24, 2.45) is 0 Å². The Morgan fingerprint density at radius 3 is 2.18 bits per heavy atom. The minimum Gasteiger partial charge on any atom is -0.455 e. The molecule has 3 nitrogen and oxygen atoms in total. The molecule has 9 aromatic rings. The first kappa shape index (κ1) is 29.1. The standard InChI is InChI=1S/C46H33BN2OS/c1-26-22-27(2)42(28(3)23-26)29-16-18-30(19-17-29)48-39-21-20-31(51-4)24-37(39)47-44-40(48)25-36-33-11-6-8-15-41(33)50-46(36)43(44)35-13-9-12-34-32-10-5-7-14-38(32)49(47)45(34)35/h5-25H,1-4H3. The zero-order valence-electron chi connectivity index (χ0n) is 28.9. The maximum Gasteiger partial charge on any atom is 0.333 e. The summed E-state index contributed by atoms with van der Waals surface area (Å²) in [5, 5.41) is 4.86. The van der Waals surface area contributed by atoms with E-state index in [1.54, 1.807) is 11.8 Å². The second-order valence-corrected chi connectivity index (χ2v) is 15.1. The molecule has 0 N–H and O–H groups in total. The lowest BCUT2D eigenvalue weighted by atomic mass is 9.45. The number of rotatable bonds is 3. The van der Waals surface area contributed by atoms with Gasteiger partial charge in [0.1, 0.15) is 11.2 Å². The molecule has 7 aromatic carbocycles. The zero-order chi connectivity index (χ0) is 34.1. The van der Waals surface area contributed by atoms with Crippen molar-refractivity contribution >= 4 is 90.3 Å². The first-order valence-corrected chi connectivity index (χ1v) is 18.9. The van der Waals surface area contributed by atoms with E-state index in [4.69, 9.17) is 4.42 Å². The van der Waals surface area contributed by atoms with Crippen molar-refractivity contribution in [1.29, 1.82) is 0 Å². The molecule has 5 heteroatoms. The van der Waals surface area contributed by atoms with E-state index in [1.807, 2.05) is 0 Å². The Morgan fingerprint density at radius 1 is 0.627 bits per heavy atom. The summed E-state index contributed by atoms with van der Waals surface area (Å²) in [7, 11) is 0. The van der Waals surface area contributed by atoms with E-state index in [2.05, 4.69) is 164 Å². The van der Waals surface area contributed by atoms with Gasteiger partial charge in [-0.05, 0) is 109 Å². The summed E-state index contributed by atoms with van der Waals surface area (Å²) in [5.74, 6) is 0. The largest absolute Gasteiger partial charge is 0.455 e. The van der Waals surface area contributed by atoms with Gasteiger partial charge in [0, 0.05) is 65.7 Å². The van der Waals surface area contributed by atoms with Crippen LogP contribution < -0.4 is 15.8 Å². The third kappa shape index (κ3) is 3.87. The van der Waals surface area contributed by atoms with Gasteiger partial charge in [-0.3, -0.25) is 0 Å². The van der Waals surface area contributed by atoms with Gasteiger partial charge in [0.15, 0.2) is 0 Å². The molecule has 0 saturated carbocycles. The SMILES string of the molecule is CSc1ccc2c(c1)B1c3c(cc4c(oc5ccccc54)c3-c3cccc4c5ccccc5n1c34)N2c1ccc(-c2c(C)cc(C)cc2C)cc1. The third-order valence-corrected chi connectivity index (χ3v) is 12.0. The molecule has 0 bridgehead atoms. The highest BCUT2D eigenvalue weighted by atomic mass is 32.2. The van der Waals surface area contributed by atoms with Gasteiger partial charge in [0.2, 0.25) is 0 Å². The molecule has 0 saturated heterocycles. The predicted molar refractivity (Wildman–Crippen MR) is 219 cm³/mol. The fourth-order valence-corrected chi connectivity index (χ4v) is 9.89. The normalized spacial score (nSPS) is 13.1. The smallest absolute Gasteiger partial charge is 0.333 e. The number of benzene rings is 7. The highest BCUT2D eigenvalue weighted by molar-refractivity contribution is 7.98. The van der Waals surface area contributed by atoms with Gasteiger partial charge in [-0.2, -0.15) is 0 Å². The summed E-state index contributed by atoms with van der Waals surface area (Å²) in [6, 6.07) is 47.5. The Balaban J connectivity index is 1.27. The topological polar surface area (TPSA) is 21.3 Å². The molecule has 0 amide bonds. The Kier molecular flexibility index (Phi) is 5.96. The number of hydrogen-bond donors (Lipinski definition) is 0. The number of thioether (sulfide) groups is 1. The highest BCUT2D eigenvalue weighted by Gasteiger charge is 2.44. The molecule has 0 unspecified atom stereocenters. The van der Waals surface area contributed by atoms with Gasteiger partial charge in [0.05, 0.1) is 0 Å². The van der Waals surface area contributed by atoms with E-state index in [0.717, 1.165) is 27.6 Å².